The molecule has 20 heavy (non-hydrogen) atoms. The molecule has 1 saturated heterocycles. The lowest BCUT2D eigenvalue weighted by molar-refractivity contribution is -0.182. The summed E-state index contributed by atoms with van der Waals surface area (Å²) in [6, 6.07) is 8.84. The third-order valence-electron chi connectivity index (χ3n) is 3.54. The monoisotopic (exact) mass is 276 g/mol. The highest BCUT2D eigenvalue weighted by Crippen LogP contribution is 2.29. The van der Waals surface area contributed by atoms with E-state index in [2.05, 4.69) is 62.2 Å². The van der Waals surface area contributed by atoms with Crippen LogP contribution < -0.4 is 5.32 Å². The normalized spacial score (nSPS) is 21.9. The molecule has 0 saturated carbocycles. The van der Waals surface area contributed by atoms with Crippen molar-refractivity contribution in [1.82, 2.24) is 10.2 Å². The van der Waals surface area contributed by atoms with Crippen molar-refractivity contribution in [3.63, 3.8) is 0 Å². The second kappa shape index (κ2) is 5.84. The van der Waals surface area contributed by atoms with Crippen LogP contribution in [0, 0.1) is 0 Å². The maximum absolute atomic E-state index is 6.14. The molecule has 1 fully saturated rings. The van der Waals surface area contributed by atoms with Gasteiger partial charge in [-0.25, -0.2) is 0 Å². The van der Waals surface area contributed by atoms with E-state index >= 15 is 0 Å². The van der Waals surface area contributed by atoms with Gasteiger partial charge in [0.25, 0.3) is 0 Å². The Morgan fingerprint density at radius 3 is 2.30 bits per heavy atom. The van der Waals surface area contributed by atoms with E-state index in [4.69, 9.17) is 4.74 Å². The van der Waals surface area contributed by atoms with Gasteiger partial charge in [-0.15, -0.1) is 0 Å². The fourth-order valence-corrected chi connectivity index (χ4v) is 3.36. The van der Waals surface area contributed by atoms with Crippen LogP contribution in [0.4, 0.5) is 0 Å². The molecule has 0 spiro atoms. The maximum Gasteiger partial charge on any atom is 0.0760 e. The molecule has 1 N–H and O–H groups in total. The second-order valence-corrected chi connectivity index (χ2v) is 7.12. The van der Waals surface area contributed by atoms with Crippen molar-refractivity contribution < 1.29 is 4.74 Å². The SMILES string of the molecule is CNCc1cccc(CN2CC(C)(C)OC(C)(C)C2)c1. The molecule has 2 rings (SSSR count). The maximum atomic E-state index is 6.14. The molecular weight excluding hydrogens is 248 g/mol. The van der Waals surface area contributed by atoms with Crippen LogP contribution in [0.3, 0.4) is 0 Å². The van der Waals surface area contributed by atoms with Crippen LogP contribution in [0.15, 0.2) is 24.3 Å². The van der Waals surface area contributed by atoms with Crippen LogP contribution in [0.2, 0.25) is 0 Å². The van der Waals surface area contributed by atoms with Crippen LogP contribution >= 0.6 is 0 Å². The third-order valence-corrected chi connectivity index (χ3v) is 3.54. The van der Waals surface area contributed by atoms with E-state index < -0.39 is 0 Å². The largest absolute Gasteiger partial charge is 0.367 e. The van der Waals surface area contributed by atoms with Gasteiger partial charge in [-0.3, -0.25) is 4.90 Å². The van der Waals surface area contributed by atoms with Crippen molar-refractivity contribution in [2.24, 2.45) is 0 Å². The topological polar surface area (TPSA) is 24.5 Å². The number of ether oxygens (including phenoxy) is 1. The van der Waals surface area contributed by atoms with Crippen LogP contribution in [0.5, 0.6) is 0 Å². The Morgan fingerprint density at radius 2 is 1.70 bits per heavy atom. The summed E-state index contributed by atoms with van der Waals surface area (Å²) in [6.07, 6.45) is 0. The van der Waals surface area contributed by atoms with Crippen LogP contribution in [-0.2, 0) is 17.8 Å². The molecule has 1 aliphatic rings. The zero-order valence-corrected chi connectivity index (χ0v) is 13.5. The van der Waals surface area contributed by atoms with Gasteiger partial charge in [0.1, 0.15) is 0 Å². The van der Waals surface area contributed by atoms with Gasteiger partial charge in [-0.2, -0.15) is 0 Å². The van der Waals surface area contributed by atoms with Gasteiger partial charge in [-0.05, 0) is 45.9 Å². The first kappa shape index (κ1) is 15.5. The number of nitrogens with zero attached hydrogens (tertiary/aromatic N) is 1. The van der Waals surface area contributed by atoms with E-state index in [1.54, 1.807) is 0 Å². The highest BCUT2D eigenvalue weighted by molar-refractivity contribution is 5.23. The summed E-state index contributed by atoms with van der Waals surface area (Å²) in [5.74, 6) is 0. The molecule has 0 unspecified atom stereocenters. The number of benzene rings is 1. The predicted octanol–water partition coefficient (Wildman–Crippen LogP) is 2.80. The molecule has 0 aliphatic carbocycles. The molecule has 1 aromatic carbocycles. The summed E-state index contributed by atoms with van der Waals surface area (Å²) in [5, 5.41) is 3.21. The van der Waals surface area contributed by atoms with Gasteiger partial charge in [0.2, 0.25) is 0 Å². The molecule has 0 aromatic heterocycles. The first-order chi connectivity index (χ1) is 9.30. The van der Waals surface area contributed by atoms with E-state index in [-0.39, 0.29) is 11.2 Å². The number of nitrogens with one attached hydrogen (secondary N) is 1. The minimum absolute atomic E-state index is 0.0790. The van der Waals surface area contributed by atoms with Gasteiger partial charge in [0.05, 0.1) is 11.2 Å². The Kier molecular flexibility index (Phi) is 4.52. The number of hydrogen-bond donors (Lipinski definition) is 1. The quantitative estimate of drug-likeness (QED) is 0.915. The lowest BCUT2D eigenvalue weighted by Crippen LogP contribution is -2.56. The number of morpholine rings is 1. The third kappa shape index (κ3) is 4.30. The van der Waals surface area contributed by atoms with E-state index in [9.17, 15) is 0 Å². The molecule has 0 atom stereocenters. The van der Waals surface area contributed by atoms with Crippen LogP contribution in [0.1, 0.15) is 38.8 Å². The molecule has 112 valence electrons. The molecule has 1 heterocycles. The summed E-state index contributed by atoms with van der Waals surface area (Å²) in [7, 11) is 1.99. The lowest BCUT2D eigenvalue weighted by atomic mass is 9.98. The molecule has 3 heteroatoms. The molecule has 3 nitrogen and oxygen atoms in total. The van der Waals surface area contributed by atoms with Crippen LogP contribution in [-0.4, -0.2) is 36.2 Å². The Labute approximate surface area is 123 Å². The van der Waals surface area contributed by atoms with Crippen molar-refractivity contribution in [2.45, 2.75) is 52.0 Å². The van der Waals surface area contributed by atoms with E-state index in [1.807, 2.05) is 7.05 Å². The standard InChI is InChI=1S/C17H28N2O/c1-16(2)12-19(13-17(3,4)20-16)11-15-8-6-7-14(9-15)10-18-5/h6-9,18H,10-13H2,1-5H3. The van der Waals surface area contributed by atoms with E-state index in [1.165, 1.54) is 11.1 Å². The van der Waals surface area contributed by atoms with Crippen molar-refractivity contribution in [1.29, 1.82) is 0 Å². The summed E-state index contributed by atoms with van der Waals surface area (Å²) in [4.78, 5) is 2.50. The highest BCUT2D eigenvalue weighted by Gasteiger charge is 2.37. The van der Waals surface area contributed by atoms with Gasteiger partial charge in [-0.1, -0.05) is 24.3 Å². The zero-order valence-electron chi connectivity index (χ0n) is 13.5. The fourth-order valence-electron chi connectivity index (χ4n) is 3.36. The minimum Gasteiger partial charge on any atom is -0.367 e. The average Bonchev–Trinajstić information content (AvgIpc) is 2.25. The molecule has 0 amide bonds. The predicted molar refractivity (Wildman–Crippen MR) is 83.7 cm³/mol. The Hall–Kier alpha value is -0.900. The molecule has 0 bridgehead atoms. The van der Waals surface area contributed by atoms with Crippen molar-refractivity contribution in [3.8, 4) is 0 Å². The molecule has 1 aromatic rings. The minimum atomic E-state index is -0.0790. The molecule has 1 aliphatic heterocycles. The molecule has 0 radical (unpaired) electrons. The zero-order chi connectivity index (χ0) is 14.8. The summed E-state index contributed by atoms with van der Waals surface area (Å²) < 4.78 is 6.14. The lowest BCUT2D eigenvalue weighted by Gasteiger charge is -2.47. The first-order valence-corrected chi connectivity index (χ1v) is 7.45. The Bertz CT molecular complexity index is 438. The van der Waals surface area contributed by atoms with Crippen molar-refractivity contribution in [3.05, 3.63) is 35.4 Å². The number of hydrogen-bond acceptors (Lipinski definition) is 3. The van der Waals surface area contributed by atoms with E-state index in [0.717, 1.165) is 26.2 Å². The van der Waals surface area contributed by atoms with E-state index in [0.29, 0.717) is 0 Å². The summed E-state index contributed by atoms with van der Waals surface area (Å²) in [6.45, 7) is 12.6. The molecular formula is C17H28N2O. The van der Waals surface area contributed by atoms with Crippen molar-refractivity contribution >= 4 is 0 Å². The Balaban J connectivity index is 2.07. The average molecular weight is 276 g/mol. The summed E-state index contributed by atoms with van der Waals surface area (Å²) >= 11 is 0. The Morgan fingerprint density at radius 1 is 1.10 bits per heavy atom. The van der Waals surface area contributed by atoms with Gasteiger partial charge in [0.15, 0.2) is 0 Å². The van der Waals surface area contributed by atoms with Gasteiger partial charge in [0, 0.05) is 26.2 Å². The van der Waals surface area contributed by atoms with Gasteiger partial charge < -0.3 is 10.1 Å². The fraction of sp³-hybridized carbons (Fsp3) is 0.647. The second-order valence-electron chi connectivity index (χ2n) is 7.12. The number of rotatable bonds is 4. The van der Waals surface area contributed by atoms with Gasteiger partial charge >= 0.3 is 0 Å². The highest BCUT2D eigenvalue weighted by atomic mass is 16.5. The smallest absolute Gasteiger partial charge is 0.0760 e. The summed E-state index contributed by atoms with van der Waals surface area (Å²) in [5.41, 5.74) is 2.57. The van der Waals surface area contributed by atoms with Crippen molar-refractivity contribution in [2.75, 3.05) is 20.1 Å². The van der Waals surface area contributed by atoms with Crippen LogP contribution in [0.25, 0.3) is 0 Å². The first-order valence-electron chi connectivity index (χ1n) is 7.45.